The van der Waals surface area contributed by atoms with Crippen molar-refractivity contribution < 1.29 is 19.1 Å². The lowest BCUT2D eigenvalue weighted by Gasteiger charge is -2.26. The molecule has 186 valence electrons. The third-order valence-electron chi connectivity index (χ3n) is 6.64. The highest BCUT2D eigenvalue weighted by Crippen LogP contribution is 2.32. The van der Waals surface area contributed by atoms with Crippen LogP contribution in [0.3, 0.4) is 0 Å². The number of aromatic carboxylic acids is 1. The fourth-order valence-electron chi connectivity index (χ4n) is 4.59. The van der Waals surface area contributed by atoms with Crippen molar-refractivity contribution in [1.29, 1.82) is 0 Å². The molecule has 0 unspecified atom stereocenters. The van der Waals surface area contributed by atoms with Crippen molar-refractivity contribution in [3.63, 3.8) is 0 Å². The van der Waals surface area contributed by atoms with Crippen molar-refractivity contribution in [2.24, 2.45) is 5.92 Å². The third kappa shape index (κ3) is 5.97. The molecule has 36 heavy (non-hydrogen) atoms. The number of carbonyl (C=O) groups excluding carboxylic acids is 1. The van der Waals surface area contributed by atoms with Crippen LogP contribution in [0.15, 0.2) is 76.7 Å². The Morgan fingerprint density at radius 3 is 2.61 bits per heavy atom. The normalized spacial score (nSPS) is 17.6. The Morgan fingerprint density at radius 1 is 1.08 bits per heavy atom. The molecular weight excluding hydrogens is 472 g/mol. The van der Waals surface area contributed by atoms with E-state index in [1.54, 1.807) is 35.8 Å². The first-order chi connectivity index (χ1) is 17.5. The van der Waals surface area contributed by atoms with Gasteiger partial charge in [0.25, 0.3) is 0 Å². The van der Waals surface area contributed by atoms with E-state index in [1.807, 2.05) is 35.7 Å². The van der Waals surface area contributed by atoms with E-state index in [9.17, 15) is 9.90 Å². The van der Waals surface area contributed by atoms with E-state index in [1.165, 1.54) is 12.8 Å². The lowest BCUT2D eigenvalue weighted by atomic mass is 9.89. The van der Waals surface area contributed by atoms with Crippen molar-refractivity contribution in [2.45, 2.75) is 51.8 Å². The molecule has 0 radical (unpaired) electrons. The first kappa shape index (κ1) is 24.1. The van der Waals surface area contributed by atoms with E-state index in [0.717, 1.165) is 52.2 Å². The van der Waals surface area contributed by atoms with Gasteiger partial charge in [-0.05, 0) is 85.2 Å². The Labute approximate surface area is 215 Å². The number of benzene rings is 2. The van der Waals surface area contributed by atoms with Crippen LogP contribution in [0, 0.1) is 5.92 Å². The summed E-state index contributed by atoms with van der Waals surface area (Å²) >= 11 is 1.55. The maximum absolute atomic E-state index is 11.3. The number of aromatic nitrogens is 1. The molecule has 5 rings (SSSR count). The molecular formula is C29H29N2O4S-. The molecule has 0 saturated heterocycles. The van der Waals surface area contributed by atoms with Crippen LogP contribution in [0.5, 0.6) is 5.75 Å². The molecule has 7 heteroatoms. The number of hydrogen-bond acceptors (Lipinski definition) is 7. The Morgan fingerprint density at radius 2 is 1.89 bits per heavy atom. The zero-order chi connectivity index (χ0) is 24.9. The highest BCUT2D eigenvalue weighted by molar-refractivity contribution is 7.14. The van der Waals surface area contributed by atoms with Gasteiger partial charge >= 0.3 is 0 Å². The van der Waals surface area contributed by atoms with Crippen LogP contribution in [0.4, 0.5) is 5.13 Å². The van der Waals surface area contributed by atoms with Crippen molar-refractivity contribution in [3.05, 3.63) is 89.2 Å². The average Bonchev–Trinajstić information content (AvgIpc) is 3.58. The van der Waals surface area contributed by atoms with Crippen molar-refractivity contribution in [3.8, 4) is 17.0 Å². The number of rotatable bonds is 9. The van der Waals surface area contributed by atoms with E-state index in [4.69, 9.17) is 14.1 Å². The fraction of sp³-hybridized carbons (Fsp3) is 0.310. The predicted molar refractivity (Wildman–Crippen MR) is 139 cm³/mol. The monoisotopic (exact) mass is 501 g/mol. The summed E-state index contributed by atoms with van der Waals surface area (Å²) in [5, 5.41) is 14.2. The molecule has 1 aliphatic rings. The van der Waals surface area contributed by atoms with E-state index >= 15 is 0 Å². The van der Waals surface area contributed by atoms with Gasteiger partial charge in [0.1, 0.15) is 11.5 Å². The highest BCUT2D eigenvalue weighted by atomic mass is 32.1. The number of anilines is 1. The molecule has 2 heterocycles. The molecule has 0 bridgehead atoms. The second-order valence-electron chi connectivity index (χ2n) is 9.46. The van der Waals surface area contributed by atoms with Crippen molar-refractivity contribution >= 4 is 22.4 Å². The second-order valence-corrected chi connectivity index (χ2v) is 10.3. The minimum atomic E-state index is -1.18. The van der Waals surface area contributed by atoms with E-state index in [2.05, 4.69) is 24.0 Å². The molecule has 4 aromatic rings. The number of thiazole rings is 1. The lowest BCUT2D eigenvalue weighted by molar-refractivity contribution is -0.255. The largest absolute Gasteiger partial charge is 0.545 e. The zero-order valence-electron chi connectivity index (χ0n) is 20.3. The first-order valence-corrected chi connectivity index (χ1v) is 13.2. The van der Waals surface area contributed by atoms with Crippen LogP contribution >= 0.6 is 11.3 Å². The van der Waals surface area contributed by atoms with E-state index in [0.29, 0.717) is 19.2 Å². The Kier molecular flexibility index (Phi) is 7.37. The number of carboxylic acids is 1. The highest BCUT2D eigenvalue weighted by Gasteiger charge is 2.20. The quantitative estimate of drug-likeness (QED) is 0.283. The van der Waals surface area contributed by atoms with Gasteiger partial charge < -0.3 is 24.0 Å². The van der Waals surface area contributed by atoms with E-state index in [-0.39, 0.29) is 5.56 Å². The maximum Gasteiger partial charge on any atom is 0.186 e. The fourth-order valence-corrected chi connectivity index (χ4v) is 5.42. The first-order valence-electron chi connectivity index (χ1n) is 12.3. The molecule has 1 fully saturated rings. The van der Waals surface area contributed by atoms with Gasteiger partial charge in [0.05, 0.1) is 30.6 Å². The Bertz CT molecular complexity index is 1270. The van der Waals surface area contributed by atoms with Crippen molar-refractivity contribution in [2.75, 3.05) is 4.90 Å². The number of hydrogen-bond donors (Lipinski definition) is 0. The van der Waals surface area contributed by atoms with Crippen LogP contribution in [0.1, 0.15) is 54.3 Å². The third-order valence-corrected chi connectivity index (χ3v) is 7.54. The number of furan rings is 1. The molecule has 2 aromatic carbocycles. The Balaban J connectivity index is 1.32. The summed E-state index contributed by atoms with van der Waals surface area (Å²) in [7, 11) is 0. The molecule has 1 aliphatic carbocycles. The summed E-state index contributed by atoms with van der Waals surface area (Å²) in [6, 6.07) is 18.8. The standard InChI is InChI=1S/C29H30N2O4S/c1-20-7-11-24(12-8-20)35-25-13-9-22(10-14-25)27-19-36-29(30-27)31(18-26-6-3-15-34-26)17-21-4-2-5-23(16-21)28(32)33/h2-6,9-10,13-16,19-20,24H,7-8,11-12,17-18H2,1H3,(H,32,33)/p-1. The van der Waals surface area contributed by atoms with Gasteiger partial charge in [-0.25, -0.2) is 4.98 Å². The number of carbonyl (C=O) groups is 1. The molecule has 1 saturated carbocycles. The van der Waals surface area contributed by atoms with Crippen LogP contribution < -0.4 is 14.7 Å². The Hall–Kier alpha value is -3.58. The van der Waals surface area contributed by atoms with Crippen LogP contribution in [-0.2, 0) is 13.1 Å². The summed E-state index contributed by atoms with van der Waals surface area (Å²) in [6.45, 7) is 3.32. The lowest BCUT2D eigenvalue weighted by Crippen LogP contribution is -2.24. The summed E-state index contributed by atoms with van der Waals surface area (Å²) in [4.78, 5) is 18.3. The van der Waals surface area contributed by atoms with Gasteiger partial charge in [0.2, 0.25) is 0 Å². The average molecular weight is 502 g/mol. The minimum absolute atomic E-state index is 0.162. The maximum atomic E-state index is 11.3. The molecule has 2 aromatic heterocycles. The topological polar surface area (TPSA) is 78.6 Å². The second kappa shape index (κ2) is 11.0. The number of nitrogens with zero attached hydrogens (tertiary/aromatic N) is 2. The van der Waals surface area contributed by atoms with Crippen LogP contribution in [0.2, 0.25) is 0 Å². The molecule has 0 spiro atoms. The van der Waals surface area contributed by atoms with Gasteiger partial charge in [0.15, 0.2) is 5.13 Å². The predicted octanol–water partition coefficient (Wildman–Crippen LogP) is 5.93. The summed E-state index contributed by atoms with van der Waals surface area (Å²) in [6.07, 6.45) is 6.66. The van der Waals surface area contributed by atoms with Crippen LogP contribution in [0.25, 0.3) is 11.3 Å². The molecule has 0 atom stereocenters. The number of carboxylic acid groups (broad SMARTS) is 1. The smallest absolute Gasteiger partial charge is 0.186 e. The molecule has 6 nitrogen and oxygen atoms in total. The van der Waals surface area contributed by atoms with Gasteiger partial charge in [0, 0.05) is 17.5 Å². The molecule has 0 N–H and O–H groups in total. The minimum Gasteiger partial charge on any atom is -0.545 e. The van der Waals surface area contributed by atoms with Gasteiger partial charge in [-0.15, -0.1) is 11.3 Å². The van der Waals surface area contributed by atoms with Gasteiger partial charge in [-0.2, -0.15) is 0 Å². The SMILES string of the molecule is CC1CCC(Oc2ccc(-c3csc(N(Cc4cccc(C(=O)[O-])c4)Cc4ccco4)n3)cc2)CC1. The molecule has 0 amide bonds. The van der Waals surface area contributed by atoms with Gasteiger partial charge in [-0.1, -0.05) is 25.1 Å². The number of ether oxygens (including phenoxy) is 1. The van der Waals surface area contributed by atoms with Crippen molar-refractivity contribution in [1.82, 2.24) is 4.98 Å². The summed E-state index contributed by atoms with van der Waals surface area (Å²) in [5.41, 5.74) is 2.94. The summed E-state index contributed by atoms with van der Waals surface area (Å²) < 4.78 is 11.8. The molecule has 0 aliphatic heterocycles. The van der Waals surface area contributed by atoms with Gasteiger partial charge in [-0.3, -0.25) is 0 Å². The van der Waals surface area contributed by atoms with E-state index < -0.39 is 5.97 Å². The summed E-state index contributed by atoms with van der Waals surface area (Å²) in [5.74, 6) is 1.33. The van der Waals surface area contributed by atoms with Crippen LogP contribution in [-0.4, -0.2) is 17.1 Å². The zero-order valence-corrected chi connectivity index (χ0v) is 21.1.